The van der Waals surface area contributed by atoms with Gasteiger partial charge in [-0.1, -0.05) is 83.1 Å². The number of amides is 1. The zero-order valence-corrected chi connectivity index (χ0v) is 21.5. The number of halogens is 1. The van der Waals surface area contributed by atoms with E-state index in [-0.39, 0.29) is 5.91 Å². The summed E-state index contributed by atoms with van der Waals surface area (Å²) in [5.74, 6) is -0.122. The molecule has 6 heteroatoms. The van der Waals surface area contributed by atoms with E-state index in [4.69, 9.17) is 23.8 Å². The molecule has 0 atom stereocenters. The number of hydrogen-bond acceptors (Lipinski definition) is 3. The number of anilines is 1. The van der Waals surface area contributed by atoms with E-state index in [1.54, 1.807) is 17.0 Å². The first-order chi connectivity index (χ1) is 16.3. The van der Waals surface area contributed by atoms with E-state index in [9.17, 15) is 4.79 Å². The van der Waals surface area contributed by atoms with Gasteiger partial charge in [-0.15, -0.1) is 0 Å². The molecule has 1 aliphatic rings. The number of aromatic nitrogens is 1. The Morgan fingerprint density at radius 3 is 2.44 bits per heavy atom. The number of rotatable bonds is 4. The van der Waals surface area contributed by atoms with E-state index in [1.165, 1.54) is 28.5 Å². The van der Waals surface area contributed by atoms with Crippen molar-refractivity contribution < 1.29 is 4.79 Å². The molecular formula is C28H23ClN2OS2. The summed E-state index contributed by atoms with van der Waals surface area (Å²) in [5.41, 5.74) is 7.68. The molecule has 0 radical (unpaired) electrons. The zero-order chi connectivity index (χ0) is 24.0. The molecule has 34 heavy (non-hydrogen) atoms. The minimum atomic E-state index is -0.122. The highest BCUT2D eigenvalue weighted by molar-refractivity contribution is 8.27. The Morgan fingerprint density at radius 2 is 1.71 bits per heavy atom. The van der Waals surface area contributed by atoms with Crippen molar-refractivity contribution in [2.75, 3.05) is 4.90 Å². The fraction of sp³-hybridized carbons (Fsp3) is 0.143. The lowest BCUT2D eigenvalue weighted by Crippen LogP contribution is -2.27. The largest absolute Gasteiger partial charge is 0.340 e. The van der Waals surface area contributed by atoms with Crippen molar-refractivity contribution in [1.82, 2.24) is 4.57 Å². The number of benzene rings is 3. The Balaban J connectivity index is 1.59. The Hall–Kier alpha value is -2.86. The first-order valence-electron chi connectivity index (χ1n) is 11.0. The van der Waals surface area contributed by atoms with Gasteiger partial charge in [-0.25, -0.2) is 0 Å². The lowest BCUT2D eigenvalue weighted by molar-refractivity contribution is -0.113. The van der Waals surface area contributed by atoms with Crippen LogP contribution < -0.4 is 4.90 Å². The SMILES string of the molecule is Cc1ccc(Cn2c(C)c(/C=C3\SC(=S)N(c4cccc(Cl)c4)C3=O)c3cc(C)ccc32)cc1. The summed E-state index contributed by atoms with van der Waals surface area (Å²) in [6.07, 6.45) is 1.99. The second-order valence-corrected chi connectivity index (χ2v) is 10.7. The van der Waals surface area contributed by atoms with Crippen molar-refractivity contribution in [3.63, 3.8) is 0 Å². The van der Waals surface area contributed by atoms with Crippen molar-refractivity contribution in [2.45, 2.75) is 27.3 Å². The average Bonchev–Trinajstić information content (AvgIpc) is 3.22. The molecule has 1 aromatic heterocycles. The molecule has 0 aliphatic carbocycles. The first kappa shape index (κ1) is 22.9. The molecule has 0 unspecified atom stereocenters. The van der Waals surface area contributed by atoms with Gasteiger partial charge in [0, 0.05) is 33.7 Å². The highest BCUT2D eigenvalue weighted by atomic mass is 35.5. The summed E-state index contributed by atoms with van der Waals surface area (Å²) < 4.78 is 2.83. The summed E-state index contributed by atoms with van der Waals surface area (Å²) in [4.78, 5) is 15.5. The number of carbonyl (C=O) groups excluding carboxylic acids is 1. The van der Waals surface area contributed by atoms with E-state index in [2.05, 4.69) is 67.8 Å². The van der Waals surface area contributed by atoms with Crippen molar-refractivity contribution in [3.05, 3.63) is 105 Å². The predicted molar refractivity (Wildman–Crippen MR) is 149 cm³/mol. The first-order valence-corrected chi connectivity index (χ1v) is 12.6. The minimum Gasteiger partial charge on any atom is -0.340 e. The maximum Gasteiger partial charge on any atom is 0.270 e. The Kier molecular flexibility index (Phi) is 6.11. The third kappa shape index (κ3) is 4.20. The standard InChI is InChI=1S/C28H23ClN2OS2/c1-17-7-10-20(11-8-17)16-30-19(3)23(24-13-18(2)9-12-25(24)30)15-26-27(32)31(28(33)34-26)22-6-4-5-21(29)14-22/h4-15H,16H2,1-3H3/b26-15-. The molecule has 3 nitrogen and oxygen atoms in total. The summed E-state index contributed by atoms with van der Waals surface area (Å²) in [5, 5.41) is 1.71. The second-order valence-electron chi connectivity index (χ2n) is 8.59. The molecule has 1 aliphatic heterocycles. The molecule has 1 fully saturated rings. The van der Waals surface area contributed by atoms with Crippen molar-refractivity contribution in [3.8, 4) is 0 Å². The molecule has 0 spiro atoms. The predicted octanol–water partition coefficient (Wildman–Crippen LogP) is 7.67. The van der Waals surface area contributed by atoms with E-state index in [0.717, 1.165) is 28.7 Å². The summed E-state index contributed by atoms with van der Waals surface area (Å²) in [6.45, 7) is 7.07. The third-order valence-corrected chi connectivity index (χ3v) is 7.66. The van der Waals surface area contributed by atoms with E-state index >= 15 is 0 Å². The number of hydrogen-bond donors (Lipinski definition) is 0. The maximum atomic E-state index is 13.4. The molecule has 0 bridgehead atoms. The van der Waals surface area contributed by atoms with Gasteiger partial charge >= 0.3 is 0 Å². The molecular weight excluding hydrogens is 480 g/mol. The van der Waals surface area contributed by atoms with Crippen LogP contribution in [0.15, 0.2) is 71.6 Å². The van der Waals surface area contributed by atoms with E-state index in [1.807, 2.05) is 18.2 Å². The van der Waals surface area contributed by atoms with Crippen LogP contribution in [0.25, 0.3) is 17.0 Å². The van der Waals surface area contributed by atoms with Gasteiger partial charge in [0.2, 0.25) is 0 Å². The zero-order valence-electron chi connectivity index (χ0n) is 19.1. The average molecular weight is 503 g/mol. The van der Waals surface area contributed by atoms with Gasteiger partial charge in [-0.2, -0.15) is 0 Å². The molecule has 2 heterocycles. The van der Waals surface area contributed by atoms with E-state index < -0.39 is 0 Å². The van der Waals surface area contributed by atoms with E-state index in [0.29, 0.717) is 19.9 Å². The van der Waals surface area contributed by atoms with Crippen LogP contribution in [0.5, 0.6) is 0 Å². The Bertz CT molecular complexity index is 1480. The molecule has 4 aromatic rings. The van der Waals surface area contributed by atoms with Crippen molar-refractivity contribution >= 4 is 68.5 Å². The van der Waals surface area contributed by atoms with Gasteiger partial charge in [0.05, 0.1) is 10.6 Å². The molecule has 5 rings (SSSR count). The fourth-order valence-electron chi connectivity index (χ4n) is 4.32. The third-order valence-electron chi connectivity index (χ3n) is 6.12. The summed E-state index contributed by atoms with van der Waals surface area (Å²) in [7, 11) is 0. The Morgan fingerprint density at radius 1 is 0.971 bits per heavy atom. The van der Waals surface area contributed by atoms with Gasteiger partial charge in [0.1, 0.15) is 0 Å². The smallest absolute Gasteiger partial charge is 0.270 e. The van der Waals surface area contributed by atoms with Crippen LogP contribution in [0, 0.1) is 20.8 Å². The molecule has 1 saturated heterocycles. The number of nitrogens with zero attached hydrogens (tertiary/aromatic N) is 2. The minimum absolute atomic E-state index is 0.122. The molecule has 0 N–H and O–H groups in total. The number of fused-ring (bicyclic) bond motifs is 1. The molecule has 3 aromatic carbocycles. The topological polar surface area (TPSA) is 25.2 Å². The van der Waals surface area contributed by atoms with Crippen LogP contribution >= 0.6 is 35.6 Å². The monoisotopic (exact) mass is 502 g/mol. The van der Waals surface area contributed by atoms with Crippen LogP contribution in [0.1, 0.15) is 27.9 Å². The van der Waals surface area contributed by atoms with Crippen LogP contribution in [0.4, 0.5) is 5.69 Å². The highest BCUT2D eigenvalue weighted by Crippen LogP contribution is 2.39. The van der Waals surface area contributed by atoms with Crippen LogP contribution in [0.3, 0.4) is 0 Å². The lowest BCUT2D eigenvalue weighted by atomic mass is 10.1. The van der Waals surface area contributed by atoms with Gasteiger partial charge in [-0.05, 0) is 62.7 Å². The Labute approximate surface area is 214 Å². The van der Waals surface area contributed by atoms with Gasteiger partial charge in [0.15, 0.2) is 4.32 Å². The maximum absolute atomic E-state index is 13.4. The van der Waals surface area contributed by atoms with Gasteiger partial charge < -0.3 is 4.57 Å². The van der Waals surface area contributed by atoms with Crippen molar-refractivity contribution in [2.24, 2.45) is 0 Å². The normalized spacial score (nSPS) is 15.2. The quantitative estimate of drug-likeness (QED) is 0.211. The fourth-order valence-corrected chi connectivity index (χ4v) is 5.79. The van der Waals surface area contributed by atoms with Gasteiger partial charge in [0.25, 0.3) is 5.91 Å². The number of thiocarbonyl (C=S) groups is 1. The summed E-state index contributed by atoms with van der Waals surface area (Å²) >= 11 is 13.1. The second kappa shape index (κ2) is 9.06. The number of thioether (sulfide) groups is 1. The van der Waals surface area contributed by atoms with Crippen LogP contribution in [-0.4, -0.2) is 14.8 Å². The lowest BCUT2D eigenvalue weighted by Gasteiger charge is -2.14. The number of aryl methyl sites for hydroxylation is 2. The van der Waals surface area contributed by atoms with Crippen LogP contribution in [0.2, 0.25) is 5.02 Å². The molecule has 1 amide bonds. The molecule has 0 saturated carbocycles. The molecule has 170 valence electrons. The highest BCUT2D eigenvalue weighted by Gasteiger charge is 2.34. The van der Waals surface area contributed by atoms with Gasteiger partial charge in [-0.3, -0.25) is 9.69 Å². The van der Waals surface area contributed by atoms with Crippen molar-refractivity contribution in [1.29, 1.82) is 0 Å². The summed E-state index contributed by atoms with van der Waals surface area (Å²) in [6, 6.07) is 22.3. The number of carbonyl (C=O) groups is 1. The van der Waals surface area contributed by atoms with Crippen LogP contribution in [-0.2, 0) is 11.3 Å².